The zero-order valence-corrected chi connectivity index (χ0v) is 20.8. The van der Waals surface area contributed by atoms with Crippen molar-refractivity contribution in [3.63, 3.8) is 0 Å². The molecule has 0 radical (unpaired) electrons. The number of anilines is 2. The molecule has 38 heavy (non-hydrogen) atoms. The quantitative estimate of drug-likeness (QED) is 0.400. The van der Waals surface area contributed by atoms with E-state index in [0.29, 0.717) is 41.4 Å². The van der Waals surface area contributed by atoms with Crippen LogP contribution in [-0.2, 0) is 20.5 Å². The van der Waals surface area contributed by atoms with E-state index in [1.54, 1.807) is 30.3 Å². The van der Waals surface area contributed by atoms with Crippen LogP contribution >= 0.6 is 0 Å². The van der Waals surface area contributed by atoms with Crippen LogP contribution in [0.15, 0.2) is 85.5 Å². The number of hydrogen-bond donors (Lipinski definition) is 2. The zero-order chi connectivity index (χ0) is 26.1. The minimum atomic E-state index is -1.43. The number of amides is 2. The molecule has 0 bridgehead atoms. The van der Waals surface area contributed by atoms with Gasteiger partial charge in [0.2, 0.25) is 5.91 Å². The monoisotopic (exact) mass is 505 g/mol. The van der Waals surface area contributed by atoms with Gasteiger partial charge in [0.15, 0.2) is 5.78 Å². The average Bonchev–Trinajstić information content (AvgIpc) is 3.66. The van der Waals surface area contributed by atoms with Crippen LogP contribution in [0, 0.1) is 5.92 Å². The van der Waals surface area contributed by atoms with E-state index in [-0.39, 0.29) is 23.6 Å². The fraction of sp³-hybridized carbons (Fsp3) is 0.258. The van der Waals surface area contributed by atoms with Crippen molar-refractivity contribution in [1.29, 1.82) is 0 Å². The second-order valence-electron chi connectivity index (χ2n) is 10.4. The molecule has 4 atom stereocenters. The summed E-state index contributed by atoms with van der Waals surface area (Å²) in [4.78, 5) is 45.5. The number of fused-ring (bicyclic) bond motifs is 7. The van der Waals surface area contributed by atoms with E-state index in [1.807, 2.05) is 48.5 Å². The maximum absolute atomic E-state index is 14.6. The Labute approximate surface area is 220 Å². The molecule has 2 N–H and O–H groups in total. The van der Waals surface area contributed by atoms with Gasteiger partial charge in [-0.2, -0.15) is 0 Å². The van der Waals surface area contributed by atoms with Gasteiger partial charge in [-0.1, -0.05) is 49.1 Å². The summed E-state index contributed by atoms with van der Waals surface area (Å²) in [6.07, 6.45) is 3.24. The van der Waals surface area contributed by atoms with Gasteiger partial charge in [-0.25, -0.2) is 0 Å². The van der Waals surface area contributed by atoms with Crippen molar-refractivity contribution in [3.05, 3.63) is 102 Å². The van der Waals surface area contributed by atoms with E-state index in [0.717, 1.165) is 18.4 Å². The maximum Gasteiger partial charge on any atom is 0.251 e. The molecule has 2 fully saturated rings. The summed E-state index contributed by atoms with van der Waals surface area (Å²) in [5.41, 5.74) is 0.531. The second kappa shape index (κ2) is 8.13. The molecule has 0 saturated carbocycles. The van der Waals surface area contributed by atoms with Crippen molar-refractivity contribution < 1.29 is 19.1 Å². The van der Waals surface area contributed by atoms with Gasteiger partial charge in [0, 0.05) is 28.5 Å². The van der Waals surface area contributed by atoms with E-state index in [9.17, 15) is 14.4 Å². The third-order valence-electron chi connectivity index (χ3n) is 8.79. The first-order valence-corrected chi connectivity index (χ1v) is 13.0. The van der Waals surface area contributed by atoms with Gasteiger partial charge in [0.25, 0.3) is 5.91 Å². The van der Waals surface area contributed by atoms with E-state index in [1.165, 1.54) is 0 Å². The van der Waals surface area contributed by atoms with E-state index >= 15 is 0 Å². The molecule has 7 nitrogen and oxygen atoms in total. The number of Topliss-reactive ketones (excluding diaryl/α,β-unsaturated/α-hetero) is 1. The minimum Gasteiger partial charge on any atom is -0.490 e. The molecule has 0 aliphatic carbocycles. The van der Waals surface area contributed by atoms with Gasteiger partial charge in [0.05, 0.1) is 5.92 Å². The van der Waals surface area contributed by atoms with Crippen LogP contribution in [0.25, 0.3) is 0 Å². The normalized spacial score (nSPS) is 28.6. The number of nitrogens with one attached hydrogen (secondary N) is 2. The smallest absolute Gasteiger partial charge is 0.251 e. The van der Waals surface area contributed by atoms with Crippen LogP contribution < -0.4 is 15.4 Å². The Bertz CT molecular complexity index is 1520. The SMILES string of the molecule is C=CCOc1ccc(C(=O)[C@@H]2[C@H]3CCCN3[C@]3(C(=O)Nc4ccccc43)[C@]23C(=O)Nc2ccccc23)cc1. The Balaban J connectivity index is 1.49. The molecule has 0 unspecified atom stereocenters. The molecule has 7 rings (SSSR count). The summed E-state index contributed by atoms with van der Waals surface area (Å²) < 4.78 is 5.62. The lowest BCUT2D eigenvalue weighted by Gasteiger charge is -2.43. The van der Waals surface area contributed by atoms with Crippen LogP contribution in [-0.4, -0.2) is 41.7 Å². The zero-order valence-electron chi connectivity index (χ0n) is 20.8. The lowest BCUT2D eigenvalue weighted by Crippen LogP contribution is -2.62. The van der Waals surface area contributed by atoms with Gasteiger partial charge >= 0.3 is 0 Å². The van der Waals surface area contributed by atoms with Crippen molar-refractivity contribution in [3.8, 4) is 5.75 Å². The molecular weight excluding hydrogens is 478 g/mol. The molecule has 190 valence electrons. The lowest BCUT2D eigenvalue weighted by molar-refractivity contribution is -0.137. The van der Waals surface area contributed by atoms with E-state index < -0.39 is 16.9 Å². The minimum absolute atomic E-state index is 0.141. The second-order valence-corrected chi connectivity index (χ2v) is 10.4. The van der Waals surface area contributed by atoms with Crippen molar-refractivity contribution in [2.75, 3.05) is 23.8 Å². The summed E-state index contributed by atoms with van der Waals surface area (Å²) in [6.45, 7) is 4.67. The number of benzene rings is 3. The van der Waals surface area contributed by atoms with Gasteiger partial charge in [-0.05, 0) is 61.3 Å². The van der Waals surface area contributed by atoms with Crippen molar-refractivity contribution in [1.82, 2.24) is 4.90 Å². The highest BCUT2D eigenvalue weighted by Gasteiger charge is 2.81. The summed E-state index contributed by atoms with van der Waals surface area (Å²) >= 11 is 0. The number of nitrogens with zero attached hydrogens (tertiary/aromatic N) is 1. The van der Waals surface area contributed by atoms with Gasteiger partial charge in [-0.15, -0.1) is 0 Å². The van der Waals surface area contributed by atoms with Crippen molar-refractivity contribution >= 4 is 29.0 Å². The molecular formula is C31H27N3O4. The average molecular weight is 506 g/mol. The summed E-state index contributed by atoms with van der Waals surface area (Å²) in [6, 6.07) is 21.8. The molecule has 4 aliphatic rings. The lowest BCUT2D eigenvalue weighted by atomic mass is 9.57. The fourth-order valence-corrected chi connectivity index (χ4v) is 7.58. The van der Waals surface area contributed by atoms with E-state index in [2.05, 4.69) is 22.1 Å². The molecule has 2 spiro atoms. The van der Waals surface area contributed by atoms with Gasteiger partial charge < -0.3 is 15.4 Å². The highest BCUT2D eigenvalue weighted by Crippen LogP contribution is 2.67. The fourth-order valence-electron chi connectivity index (χ4n) is 7.58. The highest BCUT2D eigenvalue weighted by atomic mass is 16.5. The first-order chi connectivity index (χ1) is 18.5. The predicted molar refractivity (Wildman–Crippen MR) is 143 cm³/mol. The molecule has 0 aromatic heterocycles. The van der Waals surface area contributed by atoms with Crippen molar-refractivity contribution in [2.45, 2.75) is 29.8 Å². The molecule has 4 heterocycles. The van der Waals surface area contributed by atoms with Crippen molar-refractivity contribution in [2.24, 2.45) is 5.92 Å². The summed E-state index contributed by atoms with van der Waals surface area (Å²) in [5.74, 6) is -0.816. The first kappa shape index (κ1) is 22.9. The molecule has 3 aromatic rings. The Morgan fingerprint density at radius 2 is 1.61 bits per heavy atom. The highest BCUT2D eigenvalue weighted by molar-refractivity contribution is 6.21. The molecule has 4 aliphatic heterocycles. The number of rotatable bonds is 5. The molecule has 3 aromatic carbocycles. The number of ketones is 1. The molecule has 2 amide bonds. The van der Waals surface area contributed by atoms with Gasteiger partial charge in [-0.3, -0.25) is 19.3 Å². The number of para-hydroxylation sites is 2. The van der Waals surface area contributed by atoms with Crippen LogP contribution in [0.3, 0.4) is 0 Å². The van der Waals surface area contributed by atoms with E-state index in [4.69, 9.17) is 4.74 Å². The van der Waals surface area contributed by atoms with Crippen LogP contribution in [0.1, 0.15) is 34.3 Å². The molecule has 7 heteroatoms. The first-order valence-electron chi connectivity index (χ1n) is 13.0. The largest absolute Gasteiger partial charge is 0.490 e. The number of carbonyl (C=O) groups excluding carboxylic acids is 3. The van der Waals surface area contributed by atoms with Crippen LogP contribution in [0.2, 0.25) is 0 Å². The summed E-state index contributed by atoms with van der Waals surface area (Å²) in [7, 11) is 0. The van der Waals surface area contributed by atoms with Gasteiger partial charge in [0.1, 0.15) is 23.3 Å². The number of ether oxygens (including phenoxy) is 1. The van der Waals surface area contributed by atoms with Crippen LogP contribution in [0.4, 0.5) is 11.4 Å². The third kappa shape index (κ3) is 2.64. The Morgan fingerprint density at radius 1 is 0.947 bits per heavy atom. The third-order valence-corrected chi connectivity index (χ3v) is 8.79. The number of hydrogen-bond acceptors (Lipinski definition) is 5. The Hall–Kier alpha value is -4.23. The Morgan fingerprint density at radius 3 is 2.34 bits per heavy atom. The maximum atomic E-state index is 14.6. The predicted octanol–water partition coefficient (Wildman–Crippen LogP) is 4.27. The topological polar surface area (TPSA) is 87.7 Å². The Kier molecular flexibility index (Phi) is 4.91. The summed E-state index contributed by atoms with van der Waals surface area (Å²) in [5, 5.41) is 6.14. The molecule has 2 saturated heterocycles. The van der Waals surface area contributed by atoms with Crippen LogP contribution in [0.5, 0.6) is 5.75 Å². The standard InChI is InChI=1S/C31H27N3O4/c1-2-18-38-20-15-13-19(14-16-20)27(35)26-25-12-7-17-34(25)31(22-9-4-6-11-24(22)33-29(31)37)30(26)21-8-3-5-10-23(21)32-28(30)36/h2-6,8-11,13-16,25-26H,1,7,12,17-18H2,(H,32,36)(H,33,37)/t25-,26+,30+,31-/m1/s1. The number of carbonyl (C=O) groups is 3.